The number of fused-ring (bicyclic) bond motifs is 1. The second-order valence-electron chi connectivity index (χ2n) is 4.33. The Kier molecular flexibility index (Phi) is 3.52. The molecule has 0 spiro atoms. The van der Waals surface area contributed by atoms with Crippen LogP contribution in [0.3, 0.4) is 0 Å². The van der Waals surface area contributed by atoms with Gasteiger partial charge in [0.05, 0.1) is 23.2 Å². The fourth-order valence-electron chi connectivity index (χ4n) is 1.82. The van der Waals surface area contributed by atoms with E-state index in [-0.39, 0.29) is 4.90 Å². The monoisotopic (exact) mass is 340 g/mol. The van der Waals surface area contributed by atoms with Crippen LogP contribution in [0.15, 0.2) is 44.1 Å². The van der Waals surface area contributed by atoms with Crippen LogP contribution in [0.4, 0.5) is 17.1 Å². The molecule has 0 atom stereocenters. The third-order valence-electron chi connectivity index (χ3n) is 2.81. The molecule has 1 aromatic heterocycles. The van der Waals surface area contributed by atoms with E-state index in [4.69, 9.17) is 11.6 Å². The maximum atomic E-state index is 12.5. The molecule has 0 saturated heterocycles. The minimum atomic E-state index is -3.77. The van der Waals surface area contributed by atoms with Crippen LogP contribution in [0.25, 0.3) is 0 Å². The number of sulfonamides is 1. The van der Waals surface area contributed by atoms with Crippen LogP contribution in [0.1, 0.15) is 5.56 Å². The molecule has 21 heavy (non-hydrogen) atoms. The summed E-state index contributed by atoms with van der Waals surface area (Å²) < 4.78 is 35.5. The van der Waals surface area contributed by atoms with E-state index < -0.39 is 10.0 Å². The molecular formula is C12H9ClN4O2S2. The molecule has 6 nitrogen and oxygen atoms in total. The first kappa shape index (κ1) is 14.2. The number of hydrogen-bond donors (Lipinski definition) is 1. The fraction of sp³-hybridized carbons (Fsp3) is 0.0833. The smallest absolute Gasteiger partial charge is 0.264 e. The van der Waals surface area contributed by atoms with Gasteiger partial charge < -0.3 is 0 Å². The first-order chi connectivity index (χ1) is 9.97. The Morgan fingerprint density at radius 3 is 2.86 bits per heavy atom. The molecule has 1 N–H and O–H groups in total. The largest absolute Gasteiger partial charge is 0.278 e. The maximum Gasteiger partial charge on any atom is 0.264 e. The second-order valence-corrected chi connectivity index (χ2v) is 6.86. The average molecular weight is 341 g/mol. The van der Waals surface area contributed by atoms with Crippen LogP contribution >= 0.6 is 11.6 Å². The Bertz CT molecular complexity index is 905. The standard InChI is InChI=1S/C12H9ClN4O2S2/c1-7-5-8(6-14-12(7)13)17-21(18,19)10-4-2-3-9-11(10)16-20-15-9/h2-6,17H,1H3. The number of benzene rings is 1. The van der Waals surface area contributed by atoms with Crippen LogP contribution < -0.4 is 4.72 Å². The Hall–Kier alpha value is -1.77. The molecule has 1 aromatic carbocycles. The van der Waals surface area contributed by atoms with Gasteiger partial charge in [0.15, 0.2) is 0 Å². The van der Waals surface area contributed by atoms with E-state index in [1.807, 2.05) is 0 Å². The summed E-state index contributed by atoms with van der Waals surface area (Å²) in [6, 6.07) is 6.45. The first-order valence-electron chi connectivity index (χ1n) is 5.83. The quantitative estimate of drug-likeness (QED) is 0.740. The van der Waals surface area contributed by atoms with Gasteiger partial charge in [0, 0.05) is 0 Å². The van der Waals surface area contributed by atoms with Crippen LogP contribution in [-0.2, 0) is 21.4 Å². The first-order valence-corrected chi connectivity index (χ1v) is 8.43. The Labute approximate surface area is 130 Å². The summed E-state index contributed by atoms with van der Waals surface area (Å²) in [7, 11) is -3.77. The van der Waals surface area contributed by atoms with Crippen molar-refractivity contribution in [2.45, 2.75) is 11.8 Å². The van der Waals surface area contributed by atoms with Gasteiger partial charge in [-0.1, -0.05) is 17.7 Å². The highest BCUT2D eigenvalue weighted by molar-refractivity contribution is 7.93. The third-order valence-corrected chi connectivity index (χ3v) is 5.16. The van der Waals surface area contributed by atoms with Crippen molar-refractivity contribution in [3.05, 3.63) is 41.2 Å². The predicted molar refractivity (Wildman–Crippen MR) is 82.8 cm³/mol. The molecule has 0 aliphatic carbocycles. The lowest BCUT2D eigenvalue weighted by Crippen LogP contribution is -2.13. The van der Waals surface area contributed by atoms with Crippen molar-refractivity contribution in [3.8, 4) is 0 Å². The van der Waals surface area contributed by atoms with Crippen molar-refractivity contribution in [2.24, 2.45) is 8.73 Å². The van der Waals surface area contributed by atoms with E-state index in [9.17, 15) is 8.42 Å². The number of pyridine rings is 1. The van der Waals surface area contributed by atoms with Gasteiger partial charge in [-0.3, -0.25) is 4.72 Å². The molecule has 9 heteroatoms. The van der Waals surface area contributed by atoms with Crippen molar-refractivity contribution >= 4 is 50.0 Å². The molecule has 0 amide bonds. The number of hydrogen-bond acceptors (Lipinski definition) is 5. The number of nitrogens with one attached hydrogen (secondary N) is 1. The van der Waals surface area contributed by atoms with E-state index in [1.54, 1.807) is 25.1 Å². The fourth-order valence-corrected chi connectivity index (χ4v) is 3.73. The number of halogens is 1. The molecule has 0 bridgehead atoms. The number of aryl methyl sites for hydroxylation is 1. The molecule has 2 aromatic rings. The zero-order valence-corrected chi connectivity index (χ0v) is 13.1. The van der Waals surface area contributed by atoms with Gasteiger partial charge >= 0.3 is 0 Å². The van der Waals surface area contributed by atoms with Crippen molar-refractivity contribution in [1.82, 2.24) is 4.98 Å². The highest BCUT2D eigenvalue weighted by Gasteiger charge is 2.22. The van der Waals surface area contributed by atoms with E-state index in [0.29, 0.717) is 27.8 Å². The lowest BCUT2D eigenvalue weighted by molar-refractivity contribution is 0.601. The summed E-state index contributed by atoms with van der Waals surface area (Å²) in [6.07, 6.45) is 1.37. The van der Waals surface area contributed by atoms with Gasteiger partial charge in [-0.25, -0.2) is 13.4 Å². The maximum absolute atomic E-state index is 12.5. The highest BCUT2D eigenvalue weighted by atomic mass is 35.5. The topological polar surface area (TPSA) is 83.8 Å². The summed E-state index contributed by atoms with van der Waals surface area (Å²) in [5, 5.41) is 0.337. The van der Waals surface area contributed by atoms with Crippen LogP contribution in [0, 0.1) is 6.92 Å². The Morgan fingerprint density at radius 1 is 1.29 bits per heavy atom. The van der Waals surface area contributed by atoms with Crippen LogP contribution in [-0.4, -0.2) is 13.4 Å². The van der Waals surface area contributed by atoms with Gasteiger partial charge in [0.25, 0.3) is 10.0 Å². The Morgan fingerprint density at radius 2 is 2.10 bits per heavy atom. The molecule has 1 aliphatic rings. The number of aromatic nitrogens is 1. The minimum absolute atomic E-state index is 0.0846. The van der Waals surface area contributed by atoms with E-state index >= 15 is 0 Å². The van der Waals surface area contributed by atoms with Gasteiger partial charge in [0.1, 0.15) is 21.4 Å². The summed E-state index contributed by atoms with van der Waals surface area (Å²) in [5.74, 6) is 0. The zero-order valence-electron chi connectivity index (χ0n) is 10.7. The summed E-state index contributed by atoms with van der Waals surface area (Å²) in [6.45, 7) is 1.75. The molecular weight excluding hydrogens is 332 g/mol. The number of rotatable bonds is 3. The number of anilines is 1. The van der Waals surface area contributed by atoms with Gasteiger partial charge in [-0.15, -0.1) is 0 Å². The summed E-state index contributed by atoms with van der Waals surface area (Å²) in [5.41, 5.74) is 1.93. The number of nitrogens with zero attached hydrogens (tertiary/aromatic N) is 3. The van der Waals surface area contributed by atoms with Gasteiger partial charge in [-0.2, -0.15) is 8.73 Å². The van der Waals surface area contributed by atoms with Crippen molar-refractivity contribution in [3.63, 3.8) is 0 Å². The molecule has 0 saturated carbocycles. The van der Waals surface area contributed by atoms with Crippen molar-refractivity contribution < 1.29 is 8.42 Å². The van der Waals surface area contributed by atoms with Crippen LogP contribution in [0.2, 0.25) is 5.15 Å². The van der Waals surface area contributed by atoms with Gasteiger partial charge in [0.2, 0.25) is 0 Å². The summed E-state index contributed by atoms with van der Waals surface area (Å²) in [4.78, 5) is 4.01. The van der Waals surface area contributed by atoms with E-state index in [2.05, 4.69) is 18.4 Å². The van der Waals surface area contributed by atoms with Crippen LogP contribution in [0.5, 0.6) is 0 Å². The van der Waals surface area contributed by atoms with Crippen molar-refractivity contribution in [1.29, 1.82) is 0 Å². The normalized spacial score (nSPS) is 12.9. The molecule has 0 fully saturated rings. The minimum Gasteiger partial charge on any atom is -0.278 e. The summed E-state index contributed by atoms with van der Waals surface area (Å²) >= 11 is 6.80. The zero-order chi connectivity index (χ0) is 15.0. The molecule has 0 radical (unpaired) electrons. The van der Waals surface area contributed by atoms with E-state index in [0.717, 1.165) is 11.4 Å². The lowest BCUT2D eigenvalue weighted by atomic mass is 10.3. The van der Waals surface area contributed by atoms with Crippen molar-refractivity contribution in [2.75, 3.05) is 4.72 Å². The lowest BCUT2D eigenvalue weighted by Gasteiger charge is -2.10. The molecule has 108 valence electrons. The predicted octanol–water partition coefficient (Wildman–Crippen LogP) is 3.57. The SMILES string of the molecule is Cc1cc(NS(=O)(=O)c2cccc3c2N=S=N3)cnc1Cl. The van der Waals surface area contributed by atoms with E-state index in [1.165, 1.54) is 12.3 Å². The second kappa shape index (κ2) is 5.21. The molecule has 3 rings (SSSR count). The highest BCUT2D eigenvalue weighted by Crippen LogP contribution is 2.37. The third kappa shape index (κ3) is 2.69. The average Bonchev–Trinajstić information content (AvgIpc) is 2.90. The molecule has 0 unspecified atom stereocenters. The Balaban J connectivity index is 2.00. The van der Waals surface area contributed by atoms with Gasteiger partial charge in [-0.05, 0) is 30.7 Å². The molecule has 2 heterocycles. The molecule has 1 aliphatic heterocycles.